The molecule has 1 heterocycles. The molecule has 1 aliphatic carbocycles. The number of aromatic nitrogens is 1. The first-order valence-electron chi connectivity index (χ1n) is 6.88. The predicted octanol–water partition coefficient (Wildman–Crippen LogP) is 3.33. The molecule has 20 heavy (non-hydrogen) atoms. The second-order valence-corrected chi connectivity index (χ2v) is 5.08. The normalized spacial score (nSPS) is 12.8. The van der Waals surface area contributed by atoms with Gasteiger partial charge in [-0.3, -0.25) is 0 Å². The van der Waals surface area contributed by atoms with Crippen LogP contribution >= 0.6 is 0 Å². The Morgan fingerprint density at radius 3 is 2.80 bits per heavy atom. The molecule has 0 N–H and O–H groups in total. The summed E-state index contributed by atoms with van der Waals surface area (Å²) in [5.41, 5.74) is 5.05. The van der Waals surface area contributed by atoms with Crippen molar-refractivity contribution in [2.24, 2.45) is 0 Å². The maximum atomic E-state index is 9.36. The minimum Gasteiger partial charge on any atom is -0.472 e. The van der Waals surface area contributed by atoms with Crippen LogP contribution in [0.5, 0.6) is 5.88 Å². The molecule has 0 amide bonds. The first-order chi connectivity index (χ1) is 9.79. The third kappa shape index (κ3) is 2.25. The largest absolute Gasteiger partial charge is 0.472 e. The van der Waals surface area contributed by atoms with Crippen LogP contribution in [-0.4, -0.2) is 4.98 Å². The summed E-state index contributed by atoms with van der Waals surface area (Å²) in [5, 5.41) is 9.36. The summed E-state index contributed by atoms with van der Waals surface area (Å²) in [4.78, 5) is 4.56. The van der Waals surface area contributed by atoms with Crippen molar-refractivity contribution >= 4 is 0 Å². The summed E-state index contributed by atoms with van der Waals surface area (Å²) in [7, 11) is 0. The molecule has 0 fully saturated rings. The average molecular weight is 264 g/mol. The van der Waals surface area contributed by atoms with Crippen LogP contribution < -0.4 is 4.74 Å². The second-order valence-electron chi connectivity index (χ2n) is 5.08. The van der Waals surface area contributed by atoms with Crippen molar-refractivity contribution in [3.8, 4) is 11.9 Å². The Kier molecular flexibility index (Phi) is 3.39. The molecule has 1 aromatic heterocycles. The van der Waals surface area contributed by atoms with E-state index in [1.807, 2.05) is 37.3 Å². The summed E-state index contributed by atoms with van der Waals surface area (Å²) in [6, 6.07) is 12.2. The Labute approximate surface area is 118 Å². The van der Waals surface area contributed by atoms with Crippen LogP contribution in [0.2, 0.25) is 0 Å². The summed E-state index contributed by atoms with van der Waals surface area (Å²) in [5.74, 6) is 0.481. The molecule has 100 valence electrons. The van der Waals surface area contributed by atoms with E-state index in [9.17, 15) is 5.26 Å². The van der Waals surface area contributed by atoms with Gasteiger partial charge in [0.1, 0.15) is 18.2 Å². The highest BCUT2D eigenvalue weighted by atomic mass is 16.5. The van der Waals surface area contributed by atoms with Crippen LogP contribution in [0, 0.1) is 18.3 Å². The number of hydrogen-bond acceptors (Lipinski definition) is 3. The van der Waals surface area contributed by atoms with Gasteiger partial charge in [-0.2, -0.15) is 5.26 Å². The fraction of sp³-hybridized carbons (Fsp3) is 0.294. The van der Waals surface area contributed by atoms with Crippen molar-refractivity contribution in [2.45, 2.75) is 32.8 Å². The molecule has 3 nitrogen and oxygen atoms in total. The molecule has 3 rings (SSSR count). The number of benzene rings is 1. The van der Waals surface area contributed by atoms with E-state index in [2.05, 4.69) is 11.1 Å². The minimum atomic E-state index is 0.445. The lowest BCUT2D eigenvalue weighted by molar-refractivity contribution is 0.292. The van der Waals surface area contributed by atoms with E-state index in [-0.39, 0.29) is 0 Å². The Bertz CT molecular complexity index is 672. The zero-order valence-corrected chi connectivity index (χ0v) is 11.5. The fourth-order valence-corrected chi connectivity index (χ4v) is 2.71. The number of aryl methyl sites for hydroxylation is 1. The average Bonchev–Trinajstić information content (AvgIpc) is 2.95. The number of hydrogen-bond donors (Lipinski definition) is 0. The fourth-order valence-electron chi connectivity index (χ4n) is 2.71. The van der Waals surface area contributed by atoms with Gasteiger partial charge < -0.3 is 4.74 Å². The SMILES string of the molecule is Cc1c(C#N)c(OCc2ccccc2)nc2c1CCC2. The highest BCUT2D eigenvalue weighted by molar-refractivity contribution is 5.51. The molecule has 2 aromatic rings. The molecule has 0 bridgehead atoms. The molecule has 0 aliphatic heterocycles. The molecule has 0 saturated heterocycles. The molecule has 1 aromatic carbocycles. The standard InChI is InChI=1S/C17H16N2O/c1-12-14-8-5-9-16(14)19-17(15(12)10-18)20-11-13-6-3-2-4-7-13/h2-4,6-7H,5,8-9,11H2,1H3. The maximum absolute atomic E-state index is 9.36. The van der Waals surface area contributed by atoms with E-state index in [1.54, 1.807) is 0 Å². The Balaban J connectivity index is 1.90. The smallest absolute Gasteiger partial charge is 0.232 e. The number of rotatable bonds is 3. The van der Waals surface area contributed by atoms with Crippen molar-refractivity contribution in [1.29, 1.82) is 5.26 Å². The number of nitriles is 1. The summed E-state index contributed by atoms with van der Waals surface area (Å²) in [6.07, 6.45) is 3.14. The number of pyridine rings is 1. The molecular weight excluding hydrogens is 248 g/mol. The molecule has 1 aliphatic rings. The van der Waals surface area contributed by atoms with Crippen molar-refractivity contribution < 1.29 is 4.74 Å². The van der Waals surface area contributed by atoms with Gasteiger partial charge in [0.05, 0.1) is 0 Å². The maximum Gasteiger partial charge on any atom is 0.232 e. The molecule has 0 spiro atoms. The first kappa shape index (κ1) is 12.7. The van der Waals surface area contributed by atoms with Gasteiger partial charge >= 0.3 is 0 Å². The van der Waals surface area contributed by atoms with Crippen LogP contribution in [0.25, 0.3) is 0 Å². The molecule has 0 radical (unpaired) electrons. The van der Waals surface area contributed by atoms with Crippen molar-refractivity contribution in [3.63, 3.8) is 0 Å². The topological polar surface area (TPSA) is 45.9 Å². The number of fused-ring (bicyclic) bond motifs is 1. The van der Waals surface area contributed by atoms with Crippen LogP contribution in [0.1, 0.15) is 34.4 Å². The summed E-state index contributed by atoms with van der Waals surface area (Å²) < 4.78 is 5.79. The van der Waals surface area contributed by atoms with Crippen LogP contribution in [-0.2, 0) is 19.4 Å². The van der Waals surface area contributed by atoms with E-state index < -0.39 is 0 Å². The van der Waals surface area contributed by atoms with Gasteiger partial charge in [0.25, 0.3) is 0 Å². The van der Waals surface area contributed by atoms with Crippen molar-refractivity contribution in [3.05, 3.63) is 58.3 Å². The van der Waals surface area contributed by atoms with E-state index in [0.717, 1.165) is 36.1 Å². The number of ether oxygens (including phenoxy) is 1. The van der Waals surface area contributed by atoms with E-state index in [0.29, 0.717) is 18.1 Å². The van der Waals surface area contributed by atoms with Gasteiger partial charge in [0.2, 0.25) is 5.88 Å². The lowest BCUT2D eigenvalue weighted by atomic mass is 10.0. The predicted molar refractivity (Wildman–Crippen MR) is 76.5 cm³/mol. The highest BCUT2D eigenvalue weighted by Crippen LogP contribution is 2.30. The molecule has 0 saturated carbocycles. The third-order valence-corrected chi connectivity index (χ3v) is 3.80. The minimum absolute atomic E-state index is 0.445. The Morgan fingerprint density at radius 1 is 1.25 bits per heavy atom. The van der Waals surface area contributed by atoms with Gasteiger partial charge in [0.15, 0.2) is 0 Å². The first-order valence-corrected chi connectivity index (χ1v) is 6.88. The zero-order chi connectivity index (χ0) is 13.9. The van der Waals surface area contributed by atoms with Crippen molar-refractivity contribution in [1.82, 2.24) is 4.98 Å². The molecule has 0 unspecified atom stereocenters. The van der Waals surface area contributed by atoms with Gasteiger partial charge in [-0.1, -0.05) is 30.3 Å². The number of nitrogens with zero attached hydrogens (tertiary/aromatic N) is 2. The Morgan fingerprint density at radius 2 is 2.05 bits per heavy atom. The van der Waals surface area contributed by atoms with Crippen LogP contribution in [0.3, 0.4) is 0 Å². The molecular formula is C17H16N2O. The lowest BCUT2D eigenvalue weighted by Gasteiger charge is -2.12. The van der Waals surface area contributed by atoms with Gasteiger partial charge in [0, 0.05) is 5.69 Å². The monoisotopic (exact) mass is 264 g/mol. The Hall–Kier alpha value is -2.34. The zero-order valence-electron chi connectivity index (χ0n) is 11.5. The van der Waals surface area contributed by atoms with Gasteiger partial charge in [-0.15, -0.1) is 0 Å². The van der Waals surface area contributed by atoms with Gasteiger partial charge in [-0.05, 0) is 42.9 Å². The van der Waals surface area contributed by atoms with E-state index in [4.69, 9.17) is 4.74 Å². The quantitative estimate of drug-likeness (QED) is 0.854. The van der Waals surface area contributed by atoms with Crippen LogP contribution in [0.15, 0.2) is 30.3 Å². The molecule has 3 heteroatoms. The van der Waals surface area contributed by atoms with Crippen molar-refractivity contribution in [2.75, 3.05) is 0 Å². The summed E-state index contributed by atoms with van der Waals surface area (Å²) in [6.45, 7) is 2.44. The summed E-state index contributed by atoms with van der Waals surface area (Å²) >= 11 is 0. The highest BCUT2D eigenvalue weighted by Gasteiger charge is 2.21. The van der Waals surface area contributed by atoms with E-state index in [1.165, 1.54) is 5.56 Å². The second kappa shape index (κ2) is 5.34. The van der Waals surface area contributed by atoms with Gasteiger partial charge in [-0.25, -0.2) is 4.98 Å². The van der Waals surface area contributed by atoms with Crippen LogP contribution in [0.4, 0.5) is 0 Å². The lowest BCUT2D eigenvalue weighted by Crippen LogP contribution is -2.04. The van der Waals surface area contributed by atoms with E-state index >= 15 is 0 Å². The molecule has 0 atom stereocenters. The third-order valence-electron chi connectivity index (χ3n) is 3.80.